The van der Waals surface area contributed by atoms with Gasteiger partial charge in [-0.15, -0.1) is 0 Å². The van der Waals surface area contributed by atoms with Crippen molar-refractivity contribution in [2.45, 2.75) is 6.92 Å². The van der Waals surface area contributed by atoms with Crippen LogP contribution in [0.1, 0.15) is 16.8 Å². The number of fused-ring (bicyclic) bond motifs is 2. The van der Waals surface area contributed by atoms with Crippen molar-refractivity contribution >= 4 is 56.7 Å². The van der Waals surface area contributed by atoms with Gasteiger partial charge in [-0.05, 0) is 59.9 Å². The molecule has 2 N–H and O–H groups in total. The number of carbonyl (C=O) groups is 1. The molecule has 4 heteroatoms. The summed E-state index contributed by atoms with van der Waals surface area (Å²) >= 11 is 2.27. The van der Waals surface area contributed by atoms with Gasteiger partial charge < -0.3 is 10.3 Å². The number of carbonyl (C=O) groups excluding carboxylic acids is 1. The number of hydrogen-bond acceptors (Lipinski definition) is 1. The van der Waals surface area contributed by atoms with Crippen LogP contribution >= 0.6 is 22.6 Å². The number of aryl methyl sites for hydroxylation is 1. The Balaban J connectivity index is 1.95. The van der Waals surface area contributed by atoms with Crippen molar-refractivity contribution in [3.63, 3.8) is 0 Å². The van der Waals surface area contributed by atoms with Gasteiger partial charge in [0, 0.05) is 42.6 Å². The Morgan fingerprint density at radius 1 is 1.14 bits per heavy atom. The number of aromatic nitrogens is 1. The summed E-state index contributed by atoms with van der Waals surface area (Å²) in [7, 11) is 0. The molecule has 0 bridgehead atoms. The van der Waals surface area contributed by atoms with Crippen LogP contribution in [0.5, 0.6) is 0 Å². The second kappa shape index (κ2) is 4.98. The Labute approximate surface area is 141 Å². The number of aromatic amines is 1. The van der Waals surface area contributed by atoms with Crippen LogP contribution in [0.4, 0.5) is 5.69 Å². The maximum atomic E-state index is 12.3. The van der Waals surface area contributed by atoms with Gasteiger partial charge in [0.15, 0.2) is 0 Å². The van der Waals surface area contributed by atoms with Gasteiger partial charge in [0.05, 0.1) is 0 Å². The van der Waals surface area contributed by atoms with Crippen LogP contribution < -0.4 is 5.32 Å². The fourth-order valence-corrected chi connectivity index (χ4v) is 3.42. The minimum absolute atomic E-state index is 0.0401. The van der Waals surface area contributed by atoms with Crippen LogP contribution in [0.25, 0.3) is 22.6 Å². The SMILES string of the molecule is Cc1[nH]c2ccccc2c1C=C1C(=O)Nc2ccc(I)cc21. The number of halogens is 1. The Kier molecular flexibility index (Phi) is 3.07. The molecule has 1 amide bonds. The highest BCUT2D eigenvalue weighted by Crippen LogP contribution is 2.35. The van der Waals surface area contributed by atoms with Crippen molar-refractivity contribution in [2.24, 2.45) is 0 Å². The molecule has 22 heavy (non-hydrogen) atoms. The van der Waals surface area contributed by atoms with Crippen molar-refractivity contribution in [3.05, 3.63) is 62.9 Å². The standard InChI is InChI=1S/C18H13IN2O/c1-10-13(12-4-2-3-5-16(12)20-10)9-15-14-8-11(19)6-7-17(14)21-18(15)22/h2-9,20H,1H3,(H,21,22). The Morgan fingerprint density at radius 3 is 2.82 bits per heavy atom. The smallest absolute Gasteiger partial charge is 0.256 e. The van der Waals surface area contributed by atoms with Crippen LogP contribution in [-0.4, -0.2) is 10.9 Å². The molecule has 1 aromatic heterocycles. The number of rotatable bonds is 1. The summed E-state index contributed by atoms with van der Waals surface area (Å²) in [5.74, 6) is -0.0401. The van der Waals surface area contributed by atoms with E-state index in [9.17, 15) is 4.79 Å². The molecule has 2 heterocycles. The van der Waals surface area contributed by atoms with Gasteiger partial charge in [-0.25, -0.2) is 0 Å². The van der Waals surface area contributed by atoms with E-state index in [1.54, 1.807) is 0 Å². The summed E-state index contributed by atoms with van der Waals surface area (Å²) in [6.45, 7) is 2.04. The van der Waals surface area contributed by atoms with Gasteiger partial charge in [0.2, 0.25) is 0 Å². The molecule has 0 atom stereocenters. The first-order valence-corrected chi connectivity index (χ1v) is 8.11. The van der Waals surface area contributed by atoms with Crippen LogP contribution in [0, 0.1) is 10.5 Å². The number of nitrogens with one attached hydrogen (secondary N) is 2. The third kappa shape index (κ3) is 2.06. The second-order valence-corrected chi connectivity index (χ2v) is 6.66. The topological polar surface area (TPSA) is 44.9 Å². The molecule has 108 valence electrons. The number of hydrogen-bond donors (Lipinski definition) is 2. The molecule has 0 saturated carbocycles. The van der Waals surface area contributed by atoms with Gasteiger partial charge in [-0.3, -0.25) is 4.79 Å². The highest BCUT2D eigenvalue weighted by molar-refractivity contribution is 14.1. The molecule has 0 fully saturated rings. The van der Waals surface area contributed by atoms with Gasteiger partial charge >= 0.3 is 0 Å². The maximum Gasteiger partial charge on any atom is 0.256 e. The van der Waals surface area contributed by atoms with E-state index in [1.807, 2.05) is 43.3 Å². The first-order chi connectivity index (χ1) is 10.6. The average molecular weight is 400 g/mol. The Bertz CT molecular complexity index is 953. The molecule has 4 rings (SSSR count). The minimum atomic E-state index is -0.0401. The number of H-pyrrole nitrogens is 1. The number of para-hydroxylation sites is 1. The monoisotopic (exact) mass is 400 g/mol. The fourth-order valence-electron chi connectivity index (χ4n) is 2.93. The number of anilines is 1. The molecule has 1 aliphatic heterocycles. The first-order valence-electron chi connectivity index (χ1n) is 7.04. The summed E-state index contributed by atoms with van der Waals surface area (Å²) in [6.07, 6.45) is 1.99. The minimum Gasteiger partial charge on any atom is -0.358 e. The van der Waals surface area contributed by atoms with E-state index in [0.29, 0.717) is 0 Å². The van der Waals surface area contributed by atoms with Gasteiger partial charge in [0.25, 0.3) is 5.91 Å². The highest BCUT2D eigenvalue weighted by Gasteiger charge is 2.24. The molecular formula is C18H13IN2O. The van der Waals surface area contributed by atoms with E-state index in [4.69, 9.17) is 0 Å². The predicted molar refractivity (Wildman–Crippen MR) is 98.7 cm³/mol. The summed E-state index contributed by atoms with van der Waals surface area (Å²) < 4.78 is 1.12. The average Bonchev–Trinajstić information content (AvgIpc) is 2.98. The molecule has 3 nitrogen and oxygen atoms in total. The van der Waals surface area contributed by atoms with E-state index in [1.165, 1.54) is 0 Å². The van der Waals surface area contributed by atoms with Crippen molar-refractivity contribution < 1.29 is 4.79 Å². The number of amides is 1. The predicted octanol–water partition coefficient (Wildman–Crippen LogP) is 4.57. The fraction of sp³-hybridized carbons (Fsp3) is 0.0556. The zero-order valence-corrected chi connectivity index (χ0v) is 14.1. The lowest BCUT2D eigenvalue weighted by atomic mass is 10.0. The quantitative estimate of drug-likeness (QED) is 0.456. The van der Waals surface area contributed by atoms with Gasteiger partial charge in [0.1, 0.15) is 0 Å². The molecule has 0 radical (unpaired) electrons. The van der Waals surface area contributed by atoms with Crippen molar-refractivity contribution in [1.82, 2.24) is 4.98 Å². The van der Waals surface area contributed by atoms with E-state index in [0.717, 1.165) is 42.6 Å². The lowest BCUT2D eigenvalue weighted by molar-refractivity contribution is -0.110. The summed E-state index contributed by atoms with van der Waals surface area (Å²) in [6, 6.07) is 14.2. The molecule has 1 aliphatic rings. The van der Waals surface area contributed by atoms with Crippen molar-refractivity contribution in [3.8, 4) is 0 Å². The van der Waals surface area contributed by atoms with E-state index in [2.05, 4.69) is 45.0 Å². The Morgan fingerprint density at radius 2 is 1.95 bits per heavy atom. The molecular weight excluding hydrogens is 387 g/mol. The third-order valence-corrected chi connectivity index (χ3v) is 4.67. The lowest BCUT2D eigenvalue weighted by Gasteiger charge is -2.00. The zero-order valence-electron chi connectivity index (χ0n) is 11.9. The van der Waals surface area contributed by atoms with Crippen LogP contribution in [-0.2, 0) is 4.79 Å². The summed E-state index contributed by atoms with van der Waals surface area (Å²) in [5, 5.41) is 4.07. The van der Waals surface area contributed by atoms with E-state index < -0.39 is 0 Å². The number of benzene rings is 2. The summed E-state index contributed by atoms with van der Waals surface area (Å²) in [5.41, 5.74) is 5.82. The zero-order chi connectivity index (χ0) is 15.3. The van der Waals surface area contributed by atoms with Gasteiger partial charge in [-0.2, -0.15) is 0 Å². The second-order valence-electron chi connectivity index (χ2n) is 5.41. The van der Waals surface area contributed by atoms with Crippen molar-refractivity contribution in [1.29, 1.82) is 0 Å². The van der Waals surface area contributed by atoms with Crippen LogP contribution in [0.15, 0.2) is 42.5 Å². The largest absolute Gasteiger partial charge is 0.358 e. The van der Waals surface area contributed by atoms with E-state index in [-0.39, 0.29) is 5.91 Å². The van der Waals surface area contributed by atoms with Crippen LogP contribution in [0.2, 0.25) is 0 Å². The molecule has 3 aromatic rings. The van der Waals surface area contributed by atoms with E-state index >= 15 is 0 Å². The van der Waals surface area contributed by atoms with Gasteiger partial charge in [-0.1, -0.05) is 18.2 Å². The molecule has 2 aromatic carbocycles. The van der Waals surface area contributed by atoms with Crippen LogP contribution in [0.3, 0.4) is 0 Å². The van der Waals surface area contributed by atoms with Crippen molar-refractivity contribution in [2.75, 3.05) is 5.32 Å². The third-order valence-electron chi connectivity index (χ3n) is 4.00. The Hall–Kier alpha value is -2.08. The summed E-state index contributed by atoms with van der Waals surface area (Å²) in [4.78, 5) is 15.7. The first kappa shape index (κ1) is 13.6. The normalized spacial score (nSPS) is 15.4. The lowest BCUT2D eigenvalue weighted by Crippen LogP contribution is -2.03. The molecule has 0 saturated heterocycles. The molecule has 0 unspecified atom stereocenters. The molecule has 0 spiro atoms. The highest BCUT2D eigenvalue weighted by atomic mass is 127. The maximum absolute atomic E-state index is 12.3. The molecule has 0 aliphatic carbocycles.